The highest BCUT2D eigenvalue weighted by Gasteiger charge is 2.32. The fourth-order valence-corrected chi connectivity index (χ4v) is 7.03. The highest BCUT2D eigenvalue weighted by Crippen LogP contribution is 2.35. The normalized spacial score (nSPS) is 23.0. The molecule has 0 spiro atoms. The molecule has 2 aliphatic carbocycles. The maximum Gasteiger partial charge on any atom is 0.407 e. The lowest BCUT2D eigenvalue weighted by Crippen LogP contribution is -2.49. The van der Waals surface area contributed by atoms with E-state index in [2.05, 4.69) is 15.4 Å². The maximum atomic E-state index is 13.5. The Morgan fingerprint density at radius 1 is 1.03 bits per heavy atom. The topological polar surface area (TPSA) is 147 Å². The van der Waals surface area contributed by atoms with E-state index in [4.69, 9.17) is 14.3 Å². The second-order valence-corrected chi connectivity index (χ2v) is 12.6. The van der Waals surface area contributed by atoms with Crippen LogP contribution in [-0.4, -0.2) is 49.1 Å². The zero-order valence-corrected chi connectivity index (χ0v) is 23.1. The van der Waals surface area contributed by atoms with Crippen LogP contribution >= 0.6 is 11.3 Å². The number of hydrogen-bond acceptors (Lipinski definition) is 7. The zero-order valence-electron chi connectivity index (χ0n) is 21.4. The van der Waals surface area contributed by atoms with Crippen LogP contribution in [0.1, 0.15) is 92.2 Å². The molecule has 4 N–H and O–H groups in total. The number of ether oxygens (including phenoxy) is 1. The first-order valence-electron chi connectivity index (χ1n) is 12.9. The van der Waals surface area contributed by atoms with E-state index in [1.807, 2.05) is 13.8 Å². The van der Waals surface area contributed by atoms with Crippen molar-refractivity contribution >= 4 is 33.6 Å². The largest absolute Gasteiger partial charge is 0.453 e. The van der Waals surface area contributed by atoms with Crippen LogP contribution < -0.4 is 15.4 Å². The van der Waals surface area contributed by atoms with Crippen LogP contribution in [0.5, 0.6) is 0 Å². The van der Waals surface area contributed by atoms with E-state index in [9.17, 15) is 18.0 Å². The number of hydrogen-bond donors (Lipinski definition) is 4. The molecular weight excluding hydrogens is 504 g/mol. The number of rotatable bonds is 10. The van der Waals surface area contributed by atoms with Crippen molar-refractivity contribution in [3.05, 3.63) is 15.6 Å². The van der Waals surface area contributed by atoms with Gasteiger partial charge in [-0.25, -0.2) is 9.78 Å². The number of methoxy groups -OCH3 is 1. The van der Waals surface area contributed by atoms with E-state index in [-0.39, 0.29) is 23.9 Å². The van der Waals surface area contributed by atoms with Gasteiger partial charge in [0.05, 0.1) is 18.8 Å². The molecule has 0 aromatic carbocycles. The van der Waals surface area contributed by atoms with Gasteiger partial charge >= 0.3 is 16.4 Å². The molecule has 0 saturated heterocycles. The van der Waals surface area contributed by atoms with Crippen molar-refractivity contribution in [2.24, 2.45) is 11.8 Å². The van der Waals surface area contributed by atoms with Gasteiger partial charge in [0.2, 0.25) is 5.91 Å². The van der Waals surface area contributed by atoms with E-state index in [1.54, 1.807) is 11.3 Å². The van der Waals surface area contributed by atoms with Crippen LogP contribution in [0.4, 0.5) is 4.79 Å². The van der Waals surface area contributed by atoms with E-state index in [0.29, 0.717) is 31.6 Å². The summed E-state index contributed by atoms with van der Waals surface area (Å²) < 4.78 is 38.5. The smallest absolute Gasteiger partial charge is 0.407 e. The molecule has 1 aromatic heterocycles. The number of alkyl carbamates (subject to hydrolysis) is 1. The molecule has 12 heteroatoms. The van der Waals surface area contributed by atoms with Crippen LogP contribution in [-0.2, 0) is 19.8 Å². The Labute approximate surface area is 218 Å². The van der Waals surface area contributed by atoms with Gasteiger partial charge in [-0.05, 0) is 64.2 Å². The number of thiazole rings is 1. The molecule has 2 unspecified atom stereocenters. The van der Waals surface area contributed by atoms with Gasteiger partial charge in [0.1, 0.15) is 11.0 Å². The van der Waals surface area contributed by atoms with Crippen molar-refractivity contribution in [2.45, 2.75) is 103 Å². The first kappa shape index (κ1) is 28.8. The van der Waals surface area contributed by atoms with Crippen molar-refractivity contribution in [2.75, 3.05) is 7.11 Å². The van der Waals surface area contributed by atoms with Crippen LogP contribution in [0.3, 0.4) is 0 Å². The van der Waals surface area contributed by atoms with Gasteiger partial charge in [0, 0.05) is 10.9 Å². The number of carbonyl (C=O) groups excluding carboxylic acids is 2. The van der Waals surface area contributed by atoms with Crippen LogP contribution in [0.25, 0.3) is 0 Å². The summed E-state index contributed by atoms with van der Waals surface area (Å²) in [7, 11) is -2.93. The predicted octanol–water partition coefficient (Wildman–Crippen LogP) is 3.95. The second kappa shape index (κ2) is 13.2. The minimum Gasteiger partial charge on any atom is -0.453 e. The summed E-state index contributed by atoms with van der Waals surface area (Å²) in [4.78, 5) is 31.3. The Hall–Kier alpha value is -1.76. The third-order valence-electron chi connectivity index (χ3n) is 7.48. The minimum atomic E-state index is -4.22. The average molecular weight is 545 g/mol. The minimum absolute atomic E-state index is 0.233. The van der Waals surface area contributed by atoms with E-state index in [0.717, 1.165) is 54.1 Å². The number of carbonyl (C=O) groups is 2. The number of amides is 2. The Morgan fingerprint density at radius 2 is 1.67 bits per heavy atom. The Kier molecular flexibility index (Phi) is 10.5. The van der Waals surface area contributed by atoms with Crippen molar-refractivity contribution in [3.63, 3.8) is 0 Å². The van der Waals surface area contributed by atoms with E-state index >= 15 is 0 Å². The number of aromatic nitrogens is 1. The molecular formula is C24H40N4O6S2. The molecule has 0 aliphatic heterocycles. The van der Waals surface area contributed by atoms with Gasteiger partial charge in [0.25, 0.3) is 0 Å². The molecule has 36 heavy (non-hydrogen) atoms. The first-order valence-corrected chi connectivity index (χ1v) is 15.1. The maximum absolute atomic E-state index is 13.5. The summed E-state index contributed by atoms with van der Waals surface area (Å²) in [5, 5.41) is 6.76. The summed E-state index contributed by atoms with van der Waals surface area (Å²) >= 11 is 1.56. The molecule has 3 rings (SSSR count). The van der Waals surface area contributed by atoms with Crippen LogP contribution in [0.15, 0.2) is 0 Å². The molecule has 0 bridgehead atoms. The summed E-state index contributed by atoms with van der Waals surface area (Å²) in [6.45, 7) is 3.96. The summed E-state index contributed by atoms with van der Waals surface area (Å²) in [5.74, 6) is 0.424. The van der Waals surface area contributed by atoms with E-state index in [1.165, 1.54) is 13.5 Å². The molecule has 204 valence electrons. The fraction of sp³-hybridized carbons (Fsp3) is 0.792. The lowest BCUT2D eigenvalue weighted by molar-refractivity contribution is -0.124. The third kappa shape index (κ3) is 8.97. The van der Waals surface area contributed by atoms with Crippen molar-refractivity contribution in [1.82, 2.24) is 20.3 Å². The molecule has 1 heterocycles. The Morgan fingerprint density at radius 3 is 2.22 bits per heavy atom. The van der Waals surface area contributed by atoms with Gasteiger partial charge in [0.15, 0.2) is 0 Å². The van der Waals surface area contributed by atoms with Gasteiger partial charge in [-0.3, -0.25) is 9.35 Å². The molecule has 2 aliphatic rings. The Bertz CT molecular complexity index is 965. The molecule has 0 radical (unpaired) electrons. The van der Waals surface area contributed by atoms with Crippen molar-refractivity contribution < 1.29 is 27.3 Å². The third-order valence-corrected chi connectivity index (χ3v) is 9.30. The monoisotopic (exact) mass is 544 g/mol. The Balaban J connectivity index is 1.70. The standard InChI is InChI=1S/C24H40N4O6S2/c1-15-16(2)35-23(25-15)21(14-18-9-11-19(12-10-18)28-36(31,32)33)26-22(29)20(27-24(30)34-3)13-17-7-5-4-6-8-17/h17-21,28H,4-14H2,1-3H3,(H,26,29)(H,27,30)(H,31,32,33). The summed E-state index contributed by atoms with van der Waals surface area (Å²) in [6.07, 6.45) is 9.04. The van der Waals surface area contributed by atoms with Crippen molar-refractivity contribution in [3.8, 4) is 0 Å². The van der Waals surface area contributed by atoms with Crippen LogP contribution in [0, 0.1) is 25.7 Å². The fourth-order valence-electron chi connectivity index (χ4n) is 5.39. The van der Waals surface area contributed by atoms with Gasteiger partial charge < -0.3 is 15.4 Å². The lowest BCUT2D eigenvalue weighted by atomic mass is 9.82. The predicted molar refractivity (Wildman–Crippen MR) is 138 cm³/mol. The van der Waals surface area contributed by atoms with E-state index < -0.39 is 22.4 Å². The molecule has 1 aromatic rings. The number of aryl methyl sites for hydroxylation is 2. The average Bonchev–Trinajstić information content (AvgIpc) is 3.17. The number of nitrogens with one attached hydrogen (secondary N) is 3. The van der Waals surface area contributed by atoms with Crippen molar-refractivity contribution in [1.29, 1.82) is 0 Å². The lowest BCUT2D eigenvalue weighted by Gasteiger charge is -2.31. The number of nitrogens with zero attached hydrogens (tertiary/aromatic N) is 1. The molecule has 10 nitrogen and oxygen atoms in total. The molecule has 2 fully saturated rings. The summed E-state index contributed by atoms with van der Waals surface area (Å²) in [6, 6.07) is -1.27. The second-order valence-electron chi connectivity index (χ2n) is 10.2. The first-order chi connectivity index (χ1) is 17.0. The van der Waals surface area contributed by atoms with Crippen LogP contribution in [0.2, 0.25) is 0 Å². The van der Waals surface area contributed by atoms with Gasteiger partial charge in [-0.2, -0.15) is 13.1 Å². The van der Waals surface area contributed by atoms with Gasteiger partial charge in [-0.15, -0.1) is 11.3 Å². The highest BCUT2D eigenvalue weighted by atomic mass is 32.2. The quantitative estimate of drug-likeness (QED) is 0.326. The summed E-state index contributed by atoms with van der Waals surface area (Å²) in [5.41, 5.74) is 0.932. The molecule has 2 atom stereocenters. The SMILES string of the molecule is COC(=O)NC(CC1CCCCC1)C(=O)NC(CC1CCC(NS(=O)(=O)O)CC1)c1nc(C)c(C)s1. The highest BCUT2D eigenvalue weighted by molar-refractivity contribution is 7.83. The molecule has 2 saturated carbocycles. The van der Waals surface area contributed by atoms with Gasteiger partial charge in [-0.1, -0.05) is 32.1 Å². The zero-order chi connectivity index (χ0) is 26.3. The molecule has 2 amide bonds.